The zero-order valence-corrected chi connectivity index (χ0v) is 10.9. The second kappa shape index (κ2) is 8.66. The number of nitrogens with one attached hydrogen (secondary N) is 1. The highest BCUT2D eigenvalue weighted by Gasteiger charge is 1.97. The van der Waals surface area contributed by atoms with E-state index in [0.29, 0.717) is 19.8 Å². The summed E-state index contributed by atoms with van der Waals surface area (Å²) in [5, 5.41) is 7.28. The van der Waals surface area contributed by atoms with Gasteiger partial charge in [-0.1, -0.05) is 37.6 Å². The number of ether oxygens (including phenoxy) is 2. The van der Waals surface area contributed by atoms with Gasteiger partial charge in [0, 0.05) is 12.2 Å². The van der Waals surface area contributed by atoms with Crippen LogP contribution in [0.2, 0.25) is 0 Å². The molecule has 4 nitrogen and oxygen atoms in total. The van der Waals surface area contributed by atoms with Crippen molar-refractivity contribution in [1.29, 1.82) is 5.41 Å². The first-order valence-electron chi connectivity index (χ1n) is 6.33. The van der Waals surface area contributed by atoms with Crippen molar-refractivity contribution in [3.05, 3.63) is 35.4 Å². The van der Waals surface area contributed by atoms with Crippen LogP contribution in [0, 0.1) is 5.41 Å². The Morgan fingerprint density at radius 3 is 2.39 bits per heavy atom. The quantitative estimate of drug-likeness (QED) is 0.401. The first-order chi connectivity index (χ1) is 8.74. The summed E-state index contributed by atoms with van der Waals surface area (Å²) in [7, 11) is 0. The highest BCUT2D eigenvalue weighted by molar-refractivity contribution is 5.94. The highest BCUT2D eigenvalue weighted by atomic mass is 16.5. The van der Waals surface area contributed by atoms with Crippen LogP contribution < -0.4 is 5.73 Å². The Balaban J connectivity index is 2.14. The number of rotatable bonds is 9. The topological polar surface area (TPSA) is 68.3 Å². The van der Waals surface area contributed by atoms with Crippen LogP contribution in [-0.4, -0.2) is 25.7 Å². The van der Waals surface area contributed by atoms with E-state index in [1.807, 2.05) is 24.3 Å². The summed E-state index contributed by atoms with van der Waals surface area (Å²) in [6.07, 6.45) is 2.26. The summed E-state index contributed by atoms with van der Waals surface area (Å²) in [4.78, 5) is 0. The molecule has 0 radical (unpaired) electrons. The third-order valence-electron chi connectivity index (χ3n) is 2.55. The molecule has 0 atom stereocenters. The molecule has 4 heteroatoms. The molecular formula is C14H22N2O2. The summed E-state index contributed by atoms with van der Waals surface area (Å²) in [6, 6.07) is 7.51. The maximum atomic E-state index is 7.28. The summed E-state index contributed by atoms with van der Waals surface area (Å²) in [5.74, 6) is 0.0896. The molecular weight excluding hydrogens is 228 g/mol. The molecule has 0 aliphatic rings. The molecule has 1 aromatic rings. The normalized spacial score (nSPS) is 10.5. The number of hydrogen-bond donors (Lipinski definition) is 2. The molecule has 1 rings (SSSR count). The highest BCUT2D eigenvalue weighted by Crippen LogP contribution is 2.05. The molecule has 0 saturated heterocycles. The van der Waals surface area contributed by atoms with E-state index in [9.17, 15) is 0 Å². The second-order valence-electron chi connectivity index (χ2n) is 4.13. The summed E-state index contributed by atoms with van der Waals surface area (Å²) >= 11 is 0. The Hall–Kier alpha value is -1.39. The van der Waals surface area contributed by atoms with Gasteiger partial charge in [0.1, 0.15) is 5.84 Å². The molecule has 18 heavy (non-hydrogen) atoms. The van der Waals surface area contributed by atoms with Gasteiger partial charge in [-0.15, -0.1) is 0 Å². The smallest absolute Gasteiger partial charge is 0.122 e. The van der Waals surface area contributed by atoms with Crippen molar-refractivity contribution in [2.75, 3.05) is 19.8 Å². The molecule has 0 spiro atoms. The van der Waals surface area contributed by atoms with E-state index >= 15 is 0 Å². The average molecular weight is 250 g/mol. The molecule has 0 saturated carbocycles. The van der Waals surface area contributed by atoms with Crippen LogP contribution in [0.5, 0.6) is 0 Å². The van der Waals surface area contributed by atoms with Gasteiger partial charge in [-0.05, 0) is 12.0 Å². The second-order valence-corrected chi connectivity index (χ2v) is 4.13. The SMILES string of the molecule is CCCCOCCOCc1ccc(C(=N)N)cc1. The predicted molar refractivity (Wildman–Crippen MR) is 72.8 cm³/mol. The molecule has 3 N–H and O–H groups in total. The molecule has 100 valence electrons. The first kappa shape index (κ1) is 14.7. The van der Waals surface area contributed by atoms with E-state index in [0.717, 1.165) is 30.6 Å². The van der Waals surface area contributed by atoms with E-state index in [4.69, 9.17) is 20.6 Å². The van der Waals surface area contributed by atoms with Crippen LogP contribution in [0.15, 0.2) is 24.3 Å². The maximum Gasteiger partial charge on any atom is 0.122 e. The average Bonchev–Trinajstić information content (AvgIpc) is 2.38. The minimum Gasteiger partial charge on any atom is -0.384 e. The van der Waals surface area contributed by atoms with Gasteiger partial charge in [0.25, 0.3) is 0 Å². The van der Waals surface area contributed by atoms with Gasteiger partial charge in [-0.3, -0.25) is 5.41 Å². The summed E-state index contributed by atoms with van der Waals surface area (Å²) in [6.45, 7) is 4.77. The maximum absolute atomic E-state index is 7.28. The van der Waals surface area contributed by atoms with Crippen molar-refractivity contribution in [3.8, 4) is 0 Å². The molecule has 1 aromatic carbocycles. The zero-order valence-electron chi connectivity index (χ0n) is 10.9. The molecule has 0 heterocycles. The summed E-state index contributed by atoms with van der Waals surface area (Å²) < 4.78 is 10.9. The third-order valence-corrected chi connectivity index (χ3v) is 2.55. The van der Waals surface area contributed by atoms with Gasteiger partial charge in [-0.2, -0.15) is 0 Å². The van der Waals surface area contributed by atoms with Crippen LogP contribution >= 0.6 is 0 Å². The molecule has 0 aromatic heterocycles. The molecule has 0 aliphatic carbocycles. The number of nitrogen functional groups attached to an aromatic ring is 1. The van der Waals surface area contributed by atoms with Crippen molar-refractivity contribution >= 4 is 5.84 Å². The minimum atomic E-state index is 0.0896. The zero-order chi connectivity index (χ0) is 13.2. The van der Waals surface area contributed by atoms with Gasteiger partial charge in [0.2, 0.25) is 0 Å². The monoisotopic (exact) mass is 250 g/mol. The largest absolute Gasteiger partial charge is 0.384 e. The molecule has 0 amide bonds. The van der Waals surface area contributed by atoms with E-state index in [-0.39, 0.29) is 5.84 Å². The molecule has 0 fully saturated rings. The van der Waals surface area contributed by atoms with Gasteiger partial charge in [-0.25, -0.2) is 0 Å². The fraction of sp³-hybridized carbons (Fsp3) is 0.500. The predicted octanol–water partition coefficient (Wildman–Crippen LogP) is 2.30. The lowest BCUT2D eigenvalue weighted by molar-refractivity contribution is 0.0397. The van der Waals surface area contributed by atoms with Crippen LogP contribution in [0.25, 0.3) is 0 Å². The van der Waals surface area contributed by atoms with Crippen molar-refractivity contribution in [2.24, 2.45) is 5.73 Å². The lowest BCUT2D eigenvalue weighted by Gasteiger charge is -2.06. The number of benzene rings is 1. The van der Waals surface area contributed by atoms with Crippen molar-refractivity contribution in [1.82, 2.24) is 0 Å². The van der Waals surface area contributed by atoms with E-state index in [2.05, 4.69) is 6.92 Å². The fourth-order valence-electron chi connectivity index (χ4n) is 1.44. The van der Waals surface area contributed by atoms with Gasteiger partial charge in [0.15, 0.2) is 0 Å². The van der Waals surface area contributed by atoms with Crippen molar-refractivity contribution in [3.63, 3.8) is 0 Å². The lowest BCUT2D eigenvalue weighted by atomic mass is 10.1. The van der Waals surface area contributed by atoms with E-state index in [1.54, 1.807) is 0 Å². The van der Waals surface area contributed by atoms with E-state index in [1.165, 1.54) is 0 Å². The van der Waals surface area contributed by atoms with Gasteiger partial charge in [0.05, 0.1) is 19.8 Å². The summed E-state index contributed by atoms with van der Waals surface area (Å²) in [5.41, 5.74) is 7.19. The van der Waals surface area contributed by atoms with Crippen LogP contribution in [0.1, 0.15) is 30.9 Å². The Kier molecular flexibility index (Phi) is 7.06. The molecule has 0 bridgehead atoms. The van der Waals surface area contributed by atoms with Crippen LogP contribution in [0.4, 0.5) is 0 Å². The number of amidine groups is 1. The van der Waals surface area contributed by atoms with Crippen molar-refractivity contribution in [2.45, 2.75) is 26.4 Å². The number of unbranched alkanes of at least 4 members (excludes halogenated alkanes) is 1. The lowest BCUT2D eigenvalue weighted by Crippen LogP contribution is -2.10. The third kappa shape index (κ3) is 5.80. The fourth-order valence-corrected chi connectivity index (χ4v) is 1.44. The van der Waals surface area contributed by atoms with Gasteiger partial charge < -0.3 is 15.2 Å². The Morgan fingerprint density at radius 1 is 1.11 bits per heavy atom. The Bertz CT molecular complexity index is 349. The van der Waals surface area contributed by atoms with Gasteiger partial charge >= 0.3 is 0 Å². The number of nitrogens with two attached hydrogens (primary N) is 1. The number of hydrogen-bond acceptors (Lipinski definition) is 3. The minimum absolute atomic E-state index is 0.0896. The molecule has 0 aliphatic heterocycles. The van der Waals surface area contributed by atoms with Crippen LogP contribution in [-0.2, 0) is 16.1 Å². The Labute approximate surface area is 109 Å². The molecule has 0 unspecified atom stereocenters. The first-order valence-corrected chi connectivity index (χ1v) is 6.33. The standard InChI is InChI=1S/C14H22N2O2/c1-2-3-8-17-9-10-18-11-12-4-6-13(7-5-12)14(15)16/h4-7H,2-3,8-11H2,1H3,(H3,15,16). The Morgan fingerprint density at radius 2 is 1.78 bits per heavy atom. The van der Waals surface area contributed by atoms with Crippen molar-refractivity contribution < 1.29 is 9.47 Å². The van der Waals surface area contributed by atoms with E-state index < -0.39 is 0 Å². The van der Waals surface area contributed by atoms with Crippen LogP contribution in [0.3, 0.4) is 0 Å².